The number of carbonyl (C=O) groups is 1. The lowest BCUT2D eigenvalue weighted by atomic mass is 9.95. The summed E-state index contributed by atoms with van der Waals surface area (Å²) < 4.78 is 10.3. The van der Waals surface area contributed by atoms with Gasteiger partial charge in [0.25, 0.3) is 0 Å². The zero-order valence-electron chi connectivity index (χ0n) is 6.21. The summed E-state index contributed by atoms with van der Waals surface area (Å²) in [6.07, 6.45) is 0.860. The normalized spacial score (nSPS) is 36.7. The smallest absolute Gasteiger partial charge is 0.334 e. The molecule has 2 atom stereocenters. The third-order valence-corrected chi connectivity index (χ3v) is 2.26. The van der Waals surface area contributed by atoms with E-state index in [0.29, 0.717) is 18.8 Å². The van der Waals surface area contributed by atoms with Crippen LogP contribution in [0.2, 0.25) is 0 Å². The zero-order valence-corrected chi connectivity index (χ0v) is 6.21. The Morgan fingerprint density at radius 2 is 2.36 bits per heavy atom. The van der Waals surface area contributed by atoms with Crippen molar-refractivity contribution in [1.82, 2.24) is 0 Å². The number of hydrogen-bond donors (Lipinski definition) is 0. The Morgan fingerprint density at radius 3 is 3.09 bits per heavy atom. The van der Waals surface area contributed by atoms with Gasteiger partial charge in [0.1, 0.15) is 6.10 Å². The molecule has 0 radical (unpaired) electrons. The highest BCUT2D eigenvalue weighted by Crippen LogP contribution is 2.31. The third-order valence-electron chi connectivity index (χ3n) is 2.26. The van der Waals surface area contributed by atoms with Crippen molar-refractivity contribution in [2.75, 3.05) is 13.2 Å². The number of hydrogen-bond acceptors (Lipinski definition) is 3. The highest BCUT2D eigenvalue weighted by atomic mass is 16.6. The second-order valence-corrected chi connectivity index (χ2v) is 2.94. The van der Waals surface area contributed by atoms with Gasteiger partial charge in [-0.05, 0) is 0 Å². The molecule has 0 aromatic carbocycles. The van der Waals surface area contributed by atoms with Crippen molar-refractivity contribution in [3.63, 3.8) is 0 Å². The van der Waals surface area contributed by atoms with Crippen molar-refractivity contribution in [3.05, 3.63) is 12.2 Å². The van der Waals surface area contributed by atoms with Gasteiger partial charge in [-0.2, -0.15) is 0 Å². The Hall–Kier alpha value is -0.830. The van der Waals surface area contributed by atoms with Crippen molar-refractivity contribution in [1.29, 1.82) is 0 Å². The summed E-state index contributed by atoms with van der Waals surface area (Å²) in [6, 6.07) is 0. The molecule has 2 heterocycles. The number of esters is 1. The predicted octanol–water partition coefficient (Wildman–Crippen LogP) is 0.504. The largest absolute Gasteiger partial charge is 0.458 e. The van der Waals surface area contributed by atoms with Gasteiger partial charge in [-0.15, -0.1) is 0 Å². The van der Waals surface area contributed by atoms with Gasteiger partial charge in [-0.3, -0.25) is 0 Å². The first-order valence-corrected chi connectivity index (χ1v) is 3.76. The van der Waals surface area contributed by atoms with Crippen molar-refractivity contribution >= 4 is 5.97 Å². The summed E-state index contributed by atoms with van der Waals surface area (Å²) in [6.45, 7) is 4.95. The summed E-state index contributed by atoms with van der Waals surface area (Å²) in [5.74, 6) is -0.123. The topological polar surface area (TPSA) is 35.5 Å². The van der Waals surface area contributed by atoms with Gasteiger partial charge in [0.2, 0.25) is 0 Å². The second-order valence-electron chi connectivity index (χ2n) is 2.94. The Kier molecular flexibility index (Phi) is 1.46. The molecule has 0 N–H and O–H groups in total. The van der Waals surface area contributed by atoms with Crippen LogP contribution in [0.25, 0.3) is 0 Å². The molecule has 3 heteroatoms. The van der Waals surface area contributed by atoms with E-state index in [1.54, 1.807) is 0 Å². The molecule has 2 saturated heterocycles. The summed E-state index contributed by atoms with van der Waals surface area (Å²) in [5, 5.41) is 0. The summed E-state index contributed by atoms with van der Waals surface area (Å²) in [4.78, 5) is 11.0. The molecule has 2 fully saturated rings. The number of rotatable bonds is 0. The lowest BCUT2D eigenvalue weighted by molar-refractivity contribution is -0.141. The maximum absolute atomic E-state index is 11.0. The van der Waals surface area contributed by atoms with Crippen molar-refractivity contribution in [2.45, 2.75) is 12.5 Å². The van der Waals surface area contributed by atoms with E-state index >= 15 is 0 Å². The van der Waals surface area contributed by atoms with Crippen LogP contribution in [-0.2, 0) is 14.3 Å². The van der Waals surface area contributed by atoms with Crippen molar-refractivity contribution in [3.8, 4) is 0 Å². The van der Waals surface area contributed by atoms with Crippen LogP contribution in [0.3, 0.4) is 0 Å². The Labute approximate surface area is 65.0 Å². The number of carbonyl (C=O) groups excluding carboxylic acids is 1. The molecule has 2 unspecified atom stereocenters. The molecular formula is C8H10O3. The van der Waals surface area contributed by atoms with Gasteiger partial charge < -0.3 is 9.47 Å². The van der Waals surface area contributed by atoms with Crippen LogP contribution in [0, 0.1) is 5.92 Å². The zero-order chi connectivity index (χ0) is 7.84. The maximum Gasteiger partial charge on any atom is 0.334 e. The molecule has 0 saturated carbocycles. The van der Waals surface area contributed by atoms with Crippen molar-refractivity contribution < 1.29 is 14.3 Å². The highest BCUT2D eigenvalue weighted by Gasteiger charge is 2.40. The van der Waals surface area contributed by atoms with E-state index < -0.39 is 0 Å². The fourth-order valence-electron chi connectivity index (χ4n) is 1.55. The van der Waals surface area contributed by atoms with Crippen molar-refractivity contribution in [2.24, 2.45) is 5.92 Å². The van der Waals surface area contributed by atoms with Crippen LogP contribution in [-0.4, -0.2) is 25.3 Å². The van der Waals surface area contributed by atoms with Crippen LogP contribution in [0.1, 0.15) is 6.42 Å². The Morgan fingerprint density at radius 1 is 1.55 bits per heavy atom. The molecule has 2 rings (SSSR count). The third kappa shape index (κ3) is 0.959. The minimum atomic E-state index is -0.245. The molecule has 0 amide bonds. The summed E-state index contributed by atoms with van der Waals surface area (Å²) in [7, 11) is 0. The highest BCUT2D eigenvalue weighted by molar-refractivity contribution is 5.90. The van der Waals surface area contributed by atoms with Crippen LogP contribution < -0.4 is 0 Å². The summed E-state index contributed by atoms with van der Waals surface area (Å²) in [5.41, 5.74) is 0.578. The molecule has 2 aliphatic rings. The van der Waals surface area contributed by atoms with Gasteiger partial charge >= 0.3 is 5.97 Å². The number of fused-ring (bicyclic) bond motifs is 1. The van der Waals surface area contributed by atoms with E-state index in [1.807, 2.05) is 0 Å². The predicted molar refractivity (Wildman–Crippen MR) is 37.9 cm³/mol. The van der Waals surface area contributed by atoms with Crippen LogP contribution in [0.5, 0.6) is 0 Å². The Balaban J connectivity index is 2.18. The van der Waals surface area contributed by atoms with Gasteiger partial charge in [0, 0.05) is 12.0 Å². The van der Waals surface area contributed by atoms with E-state index in [2.05, 4.69) is 6.58 Å². The van der Waals surface area contributed by atoms with Crippen LogP contribution >= 0.6 is 0 Å². The fraction of sp³-hybridized carbons (Fsp3) is 0.625. The lowest BCUT2D eigenvalue weighted by Gasteiger charge is -2.22. The van der Waals surface area contributed by atoms with Crippen LogP contribution in [0.15, 0.2) is 12.2 Å². The quantitative estimate of drug-likeness (QED) is 0.376. The van der Waals surface area contributed by atoms with Gasteiger partial charge in [0.15, 0.2) is 0 Å². The van der Waals surface area contributed by atoms with Gasteiger partial charge in [0.05, 0.1) is 19.1 Å². The monoisotopic (exact) mass is 154 g/mol. The molecule has 3 nitrogen and oxygen atoms in total. The van der Waals surface area contributed by atoms with E-state index in [4.69, 9.17) is 9.47 Å². The molecule has 60 valence electrons. The minimum Gasteiger partial charge on any atom is -0.458 e. The molecule has 0 spiro atoms. The van der Waals surface area contributed by atoms with E-state index in [0.717, 1.165) is 6.42 Å². The minimum absolute atomic E-state index is 0.0451. The van der Waals surface area contributed by atoms with E-state index in [-0.39, 0.29) is 18.0 Å². The van der Waals surface area contributed by atoms with Gasteiger partial charge in [-0.1, -0.05) is 6.58 Å². The maximum atomic E-state index is 11.0. The molecule has 2 aliphatic heterocycles. The molecule has 11 heavy (non-hydrogen) atoms. The molecule has 0 aliphatic carbocycles. The first-order valence-electron chi connectivity index (χ1n) is 3.76. The average molecular weight is 154 g/mol. The standard InChI is InChI=1S/C8H10O3/c1-5-6-4-10-3-2-7(6)11-8(5)9/h6-7H,1-4H2. The molecular weight excluding hydrogens is 144 g/mol. The lowest BCUT2D eigenvalue weighted by Crippen LogP contribution is -2.28. The first-order chi connectivity index (χ1) is 5.29. The molecule has 0 aromatic heterocycles. The summed E-state index contributed by atoms with van der Waals surface area (Å²) >= 11 is 0. The van der Waals surface area contributed by atoms with Crippen LogP contribution in [0.4, 0.5) is 0 Å². The Bertz CT molecular complexity index is 209. The number of ether oxygens (including phenoxy) is 2. The van der Waals surface area contributed by atoms with Gasteiger partial charge in [-0.25, -0.2) is 4.79 Å². The molecule has 0 aromatic rings. The fourth-order valence-corrected chi connectivity index (χ4v) is 1.55. The van der Waals surface area contributed by atoms with E-state index in [1.165, 1.54) is 0 Å². The molecule has 0 bridgehead atoms. The second kappa shape index (κ2) is 2.34. The van der Waals surface area contributed by atoms with E-state index in [9.17, 15) is 4.79 Å². The first kappa shape index (κ1) is 6.85. The average Bonchev–Trinajstić information content (AvgIpc) is 2.30. The SMILES string of the molecule is C=C1C(=O)OC2CCOCC12.